The number of carbonyl (C=O) groups excluding carboxylic acids is 2. The predicted octanol–water partition coefficient (Wildman–Crippen LogP) is 8.59. The molecule has 1 aliphatic heterocycles. The molecule has 6 rings (SSSR count). The number of Topliss-reactive ketones (excluding diaryl/α,β-unsaturated/α-hetero) is 1. The Morgan fingerprint density at radius 3 is 2.28 bits per heavy atom. The van der Waals surface area contributed by atoms with Gasteiger partial charge in [-0.2, -0.15) is 11.8 Å². The van der Waals surface area contributed by atoms with E-state index in [1.165, 1.54) is 38.7 Å². The SMILES string of the molecule is CC(=O)c1cc(F)cnc1OC1CCSCC1.CC1CCC(NC(=O)c2ccc(OCc3ccccc3)cc2OC2CCCC2)CC1. The molecule has 3 aliphatic rings. The van der Waals surface area contributed by atoms with Crippen LogP contribution in [0.4, 0.5) is 4.39 Å². The van der Waals surface area contributed by atoms with Crippen LogP contribution >= 0.6 is 11.8 Å². The predicted molar refractivity (Wildman–Crippen MR) is 184 cm³/mol. The van der Waals surface area contributed by atoms with Crippen molar-refractivity contribution in [2.45, 2.75) is 103 Å². The second kappa shape index (κ2) is 17.5. The van der Waals surface area contributed by atoms with Gasteiger partial charge in [0.2, 0.25) is 5.88 Å². The van der Waals surface area contributed by atoms with E-state index in [0.29, 0.717) is 17.9 Å². The summed E-state index contributed by atoms with van der Waals surface area (Å²) in [5.74, 6) is 3.75. The maximum absolute atomic E-state index is 13.0. The fourth-order valence-electron chi connectivity index (χ4n) is 6.20. The molecular formula is C38H47FN2O5S. The van der Waals surface area contributed by atoms with Crippen LogP contribution in [0.15, 0.2) is 60.8 Å². The van der Waals surface area contributed by atoms with Crippen LogP contribution in [-0.4, -0.2) is 46.4 Å². The Morgan fingerprint density at radius 2 is 1.57 bits per heavy atom. The molecule has 0 unspecified atom stereocenters. The Balaban J connectivity index is 0.000000216. The van der Waals surface area contributed by atoms with Crippen molar-refractivity contribution in [1.82, 2.24) is 10.3 Å². The summed E-state index contributed by atoms with van der Waals surface area (Å²) >= 11 is 1.89. The molecule has 3 fully saturated rings. The second-order valence-electron chi connectivity index (χ2n) is 12.9. The van der Waals surface area contributed by atoms with Crippen LogP contribution in [0, 0.1) is 11.7 Å². The second-order valence-corrected chi connectivity index (χ2v) is 14.1. The molecule has 1 saturated heterocycles. The molecule has 1 N–H and O–H groups in total. The zero-order chi connectivity index (χ0) is 33.0. The van der Waals surface area contributed by atoms with Crippen LogP contribution < -0.4 is 19.5 Å². The van der Waals surface area contributed by atoms with E-state index < -0.39 is 5.82 Å². The lowest BCUT2D eigenvalue weighted by atomic mass is 9.87. The van der Waals surface area contributed by atoms with Crippen LogP contribution in [0.1, 0.15) is 104 Å². The fraction of sp³-hybridized carbons (Fsp3) is 0.500. The zero-order valence-electron chi connectivity index (χ0n) is 27.5. The van der Waals surface area contributed by atoms with Gasteiger partial charge in [0.05, 0.1) is 23.4 Å². The van der Waals surface area contributed by atoms with Crippen molar-refractivity contribution < 1.29 is 28.2 Å². The number of nitrogens with one attached hydrogen (secondary N) is 1. The smallest absolute Gasteiger partial charge is 0.255 e. The summed E-state index contributed by atoms with van der Waals surface area (Å²) in [7, 11) is 0. The third-order valence-electron chi connectivity index (χ3n) is 9.04. The Hall–Kier alpha value is -3.59. The lowest BCUT2D eigenvalue weighted by Crippen LogP contribution is -2.37. The number of rotatable bonds is 10. The summed E-state index contributed by atoms with van der Waals surface area (Å²) in [6.45, 7) is 4.18. The van der Waals surface area contributed by atoms with E-state index in [4.69, 9.17) is 14.2 Å². The summed E-state index contributed by atoms with van der Waals surface area (Å²) in [5.41, 5.74) is 1.96. The average Bonchev–Trinajstić information content (AvgIpc) is 3.60. The molecule has 0 atom stereocenters. The lowest BCUT2D eigenvalue weighted by molar-refractivity contribution is 0.0914. The summed E-state index contributed by atoms with van der Waals surface area (Å²) in [4.78, 5) is 28.3. The van der Waals surface area contributed by atoms with Crippen molar-refractivity contribution in [3.05, 3.63) is 83.3 Å². The molecule has 2 aliphatic carbocycles. The standard InChI is InChI=1S/C26H33NO3.C12H14FNO2S/c1-19-11-13-21(14-12-19)27-26(28)24-16-15-23(29-18-20-7-3-2-4-8-20)17-25(24)30-22-9-5-6-10-22;1-8(15)11-6-9(13)7-14-12(11)16-10-2-4-17-5-3-10/h2-4,7-8,15-17,19,21-22H,5-6,9-14,18H2,1H3,(H,27,28);6-7,10H,2-5H2,1H3. The van der Waals surface area contributed by atoms with E-state index in [9.17, 15) is 14.0 Å². The largest absolute Gasteiger partial charge is 0.489 e. The van der Waals surface area contributed by atoms with E-state index in [1.54, 1.807) is 0 Å². The number of ether oxygens (including phenoxy) is 3. The average molecular weight is 663 g/mol. The number of aromatic nitrogens is 1. The number of ketones is 1. The van der Waals surface area contributed by atoms with Crippen molar-refractivity contribution >= 4 is 23.5 Å². The number of amides is 1. The number of benzene rings is 2. The number of hydrogen-bond acceptors (Lipinski definition) is 7. The van der Waals surface area contributed by atoms with Gasteiger partial charge in [0.1, 0.15) is 30.0 Å². The van der Waals surface area contributed by atoms with E-state index in [-0.39, 0.29) is 41.4 Å². The van der Waals surface area contributed by atoms with E-state index in [1.807, 2.05) is 60.3 Å². The van der Waals surface area contributed by atoms with Crippen LogP contribution in [0.5, 0.6) is 17.4 Å². The molecule has 3 aromatic rings. The molecule has 1 amide bonds. The van der Waals surface area contributed by atoms with Crippen molar-refractivity contribution in [2.24, 2.45) is 5.92 Å². The molecule has 252 valence electrons. The van der Waals surface area contributed by atoms with Crippen LogP contribution in [0.2, 0.25) is 0 Å². The highest BCUT2D eigenvalue weighted by molar-refractivity contribution is 7.99. The lowest BCUT2D eigenvalue weighted by Gasteiger charge is -2.27. The van der Waals surface area contributed by atoms with Gasteiger partial charge in [0.25, 0.3) is 5.91 Å². The van der Waals surface area contributed by atoms with Crippen molar-refractivity contribution in [3.8, 4) is 17.4 Å². The first kappa shape index (κ1) is 34.7. The Morgan fingerprint density at radius 1 is 0.872 bits per heavy atom. The Kier molecular flexibility index (Phi) is 13.0. The van der Waals surface area contributed by atoms with Crippen LogP contribution in [0.25, 0.3) is 0 Å². The van der Waals surface area contributed by atoms with E-state index >= 15 is 0 Å². The first-order valence-electron chi connectivity index (χ1n) is 17.0. The first-order valence-corrected chi connectivity index (χ1v) is 18.2. The van der Waals surface area contributed by atoms with Gasteiger partial charge >= 0.3 is 0 Å². The molecule has 0 radical (unpaired) electrons. The highest BCUT2D eigenvalue weighted by Gasteiger charge is 2.25. The maximum atomic E-state index is 13.0. The fourth-order valence-corrected chi connectivity index (χ4v) is 7.26. The monoisotopic (exact) mass is 662 g/mol. The molecule has 0 bridgehead atoms. The van der Waals surface area contributed by atoms with Gasteiger partial charge in [-0.15, -0.1) is 0 Å². The Bertz CT molecular complexity index is 1450. The van der Waals surface area contributed by atoms with Gasteiger partial charge in [-0.05, 0) is 112 Å². The maximum Gasteiger partial charge on any atom is 0.255 e. The number of pyridine rings is 1. The van der Waals surface area contributed by atoms with Crippen LogP contribution in [0.3, 0.4) is 0 Å². The molecular weight excluding hydrogens is 615 g/mol. The van der Waals surface area contributed by atoms with Gasteiger partial charge in [-0.25, -0.2) is 9.37 Å². The molecule has 2 aromatic carbocycles. The topological polar surface area (TPSA) is 86.8 Å². The van der Waals surface area contributed by atoms with Crippen molar-refractivity contribution in [2.75, 3.05) is 11.5 Å². The molecule has 47 heavy (non-hydrogen) atoms. The molecule has 2 heterocycles. The summed E-state index contributed by atoms with van der Waals surface area (Å²) < 4.78 is 31.0. The van der Waals surface area contributed by atoms with Crippen molar-refractivity contribution in [1.29, 1.82) is 0 Å². The van der Waals surface area contributed by atoms with Gasteiger partial charge in [0.15, 0.2) is 5.78 Å². The van der Waals surface area contributed by atoms with Crippen molar-refractivity contribution in [3.63, 3.8) is 0 Å². The minimum Gasteiger partial charge on any atom is -0.489 e. The quantitative estimate of drug-likeness (QED) is 0.218. The third-order valence-corrected chi connectivity index (χ3v) is 10.1. The zero-order valence-corrected chi connectivity index (χ0v) is 28.4. The van der Waals surface area contributed by atoms with E-state index in [2.05, 4.69) is 17.2 Å². The van der Waals surface area contributed by atoms with Crippen LogP contribution in [-0.2, 0) is 6.61 Å². The summed E-state index contributed by atoms with van der Waals surface area (Å²) in [6.07, 6.45) is 12.2. The molecule has 7 nitrogen and oxygen atoms in total. The van der Waals surface area contributed by atoms with E-state index in [0.717, 1.165) is 73.5 Å². The summed E-state index contributed by atoms with van der Waals surface area (Å²) in [6, 6.07) is 17.2. The number of nitrogens with zero attached hydrogens (tertiary/aromatic N) is 1. The van der Waals surface area contributed by atoms with Gasteiger partial charge in [-0.3, -0.25) is 9.59 Å². The highest BCUT2D eigenvalue weighted by Crippen LogP contribution is 2.31. The molecule has 9 heteroatoms. The molecule has 1 aromatic heterocycles. The minimum absolute atomic E-state index is 0.0304. The number of thioether (sulfide) groups is 1. The van der Waals surface area contributed by atoms with Gasteiger partial charge in [0, 0.05) is 12.1 Å². The molecule has 0 spiro atoms. The number of carbonyl (C=O) groups is 2. The highest BCUT2D eigenvalue weighted by atomic mass is 32.2. The minimum atomic E-state index is -0.512. The molecule has 2 saturated carbocycles. The first-order chi connectivity index (χ1) is 22.8. The number of hydrogen-bond donors (Lipinski definition) is 1. The van der Waals surface area contributed by atoms with Gasteiger partial charge in [-0.1, -0.05) is 37.3 Å². The normalized spacial score (nSPS) is 20.1. The van der Waals surface area contributed by atoms with Gasteiger partial charge < -0.3 is 19.5 Å². The Labute approximate surface area is 282 Å². The summed E-state index contributed by atoms with van der Waals surface area (Å²) in [5, 5.41) is 3.24. The third kappa shape index (κ3) is 10.7. The number of halogens is 1.